The molecule has 0 aliphatic heterocycles. The van der Waals surface area contributed by atoms with Crippen LogP contribution in [0.5, 0.6) is 0 Å². The van der Waals surface area contributed by atoms with Gasteiger partial charge in [-0.1, -0.05) is 176 Å². The molecule has 0 bridgehead atoms. The van der Waals surface area contributed by atoms with Crippen LogP contribution < -0.4 is 4.90 Å². The Labute approximate surface area is 396 Å². The normalized spacial score (nSPS) is 13.1. The Morgan fingerprint density at radius 2 is 1.04 bits per heavy atom. The van der Waals surface area contributed by atoms with E-state index in [-0.39, 0.29) is 0 Å². The minimum absolute atomic E-state index is 0.571. The van der Waals surface area contributed by atoms with E-state index in [0.29, 0.717) is 5.95 Å². The molecule has 0 saturated carbocycles. The number of aromatic nitrogens is 3. The molecule has 1 spiro atoms. The third-order valence-corrected chi connectivity index (χ3v) is 15.9. The first-order chi connectivity index (χ1) is 33.8. The van der Waals surface area contributed by atoms with Crippen molar-refractivity contribution in [2.24, 2.45) is 0 Å². The van der Waals surface area contributed by atoms with Gasteiger partial charge in [0.25, 0.3) is 0 Å². The van der Waals surface area contributed by atoms with E-state index >= 15 is 0 Å². The number of hydrogen-bond acceptors (Lipinski definition) is 4. The highest BCUT2D eigenvalue weighted by atomic mass is 32.1. The lowest BCUT2D eigenvalue weighted by atomic mass is 9.70. The van der Waals surface area contributed by atoms with Crippen LogP contribution >= 0.6 is 11.3 Å². The number of benzene rings is 10. The van der Waals surface area contributed by atoms with Crippen LogP contribution in [0.1, 0.15) is 22.3 Å². The number of nitrogens with zero attached hydrogens (tertiary/aromatic N) is 4. The van der Waals surface area contributed by atoms with Crippen LogP contribution in [0.3, 0.4) is 0 Å². The van der Waals surface area contributed by atoms with Crippen LogP contribution in [-0.2, 0) is 5.41 Å². The van der Waals surface area contributed by atoms with E-state index in [0.717, 1.165) is 33.5 Å². The highest BCUT2D eigenvalue weighted by Gasteiger charge is 2.52. The second-order valence-electron chi connectivity index (χ2n) is 18.0. The van der Waals surface area contributed by atoms with Crippen molar-refractivity contribution in [3.63, 3.8) is 0 Å². The summed E-state index contributed by atoms with van der Waals surface area (Å²) in [4.78, 5) is 13.1. The fourth-order valence-electron chi connectivity index (χ4n) is 11.9. The van der Waals surface area contributed by atoms with Crippen molar-refractivity contribution in [3.8, 4) is 39.2 Å². The maximum atomic E-state index is 5.47. The number of thiophene rings is 1. The number of rotatable bonds is 5. The van der Waals surface area contributed by atoms with Crippen LogP contribution in [0.25, 0.3) is 92.1 Å². The predicted octanol–water partition coefficient (Wildman–Crippen LogP) is 16.6. The molecule has 5 heteroatoms. The lowest BCUT2D eigenvalue weighted by Crippen LogP contribution is -2.26. The van der Waals surface area contributed by atoms with E-state index in [1.165, 1.54) is 92.2 Å². The molecule has 0 amide bonds. The number of fused-ring (bicyclic) bond motifs is 19. The van der Waals surface area contributed by atoms with Gasteiger partial charge in [-0.2, -0.15) is 0 Å². The van der Waals surface area contributed by atoms with Crippen LogP contribution in [0.2, 0.25) is 0 Å². The number of anilines is 3. The SMILES string of the molecule is c1ccc(-c2nc(N(c3ccccc3)c3ccc4c(c3)C3(c5ccccc5-c5ccccc53)c3ccc5c(sc6c5ccc5c6c6ccccc6n5-c5ccccc5)c3-4)nc3ccccc23)cc1. The molecule has 15 rings (SSSR count). The van der Waals surface area contributed by atoms with Crippen molar-refractivity contribution in [2.75, 3.05) is 4.90 Å². The highest BCUT2D eigenvalue weighted by Crippen LogP contribution is 2.65. The van der Waals surface area contributed by atoms with Crippen molar-refractivity contribution >= 4 is 81.5 Å². The van der Waals surface area contributed by atoms with Crippen LogP contribution in [0.4, 0.5) is 17.3 Å². The molecule has 2 aliphatic rings. The first-order valence-corrected chi connectivity index (χ1v) is 24.1. The van der Waals surface area contributed by atoms with Crippen molar-refractivity contribution < 1.29 is 0 Å². The summed E-state index contributed by atoms with van der Waals surface area (Å²) in [5.74, 6) is 0.621. The molecular formula is C63H38N4S. The van der Waals surface area contributed by atoms with E-state index in [1.54, 1.807) is 0 Å². The summed E-state index contributed by atoms with van der Waals surface area (Å²) in [6, 6.07) is 84.0. The molecular weight excluding hydrogens is 845 g/mol. The number of para-hydroxylation sites is 4. The summed E-state index contributed by atoms with van der Waals surface area (Å²) in [5, 5.41) is 6.18. The molecule has 0 saturated heterocycles. The topological polar surface area (TPSA) is 34.0 Å². The molecule has 0 atom stereocenters. The van der Waals surface area contributed by atoms with Crippen molar-refractivity contribution in [2.45, 2.75) is 5.41 Å². The number of hydrogen-bond donors (Lipinski definition) is 0. The quantitative estimate of drug-likeness (QED) is 0.173. The summed E-state index contributed by atoms with van der Waals surface area (Å²) < 4.78 is 5.07. The standard InChI is InChI=1S/C63H38N4S/c1-4-18-39(19-5-1)59-48-26-12-16-30-54(48)64-62(65-59)66(40-20-6-2-7-21-40)42-32-33-47-53(38-42)63(50-28-14-10-24-43(50)44-25-11-15-29-51(44)63)52-36-34-45-46-35-37-56-58(61(46)68-60(45)57(47)52)49-27-13-17-31-55(49)67(56)41-22-8-3-9-23-41/h1-38H. The van der Waals surface area contributed by atoms with Gasteiger partial charge in [0.15, 0.2) is 0 Å². The zero-order valence-corrected chi connectivity index (χ0v) is 37.5. The van der Waals surface area contributed by atoms with Gasteiger partial charge in [-0.3, -0.25) is 4.90 Å². The maximum Gasteiger partial charge on any atom is 0.235 e. The van der Waals surface area contributed by atoms with Gasteiger partial charge in [0, 0.05) is 64.5 Å². The van der Waals surface area contributed by atoms with E-state index in [2.05, 4.69) is 240 Å². The Morgan fingerprint density at radius 3 is 1.82 bits per heavy atom. The molecule has 13 aromatic rings. The smallest absolute Gasteiger partial charge is 0.235 e. The van der Waals surface area contributed by atoms with Crippen LogP contribution in [-0.4, -0.2) is 14.5 Å². The molecule has 0 fully saturated rings. The molecule has 2 aliphatic carbocycles. The highest BCUT2D eigenvalue weighted by molar-refractivity contribution is 7.27. The Kier molecular flexibility index (Phi) is 7.83. The fourth-order valence-corrected chi connectivity index (χ4v) is 13.3. The molecule has 0 N–H and O–H groups in total. The van der Waals surface area contributed by atoms with E-state index in [1.807, 2.05) is 11.3 Å². The first-order valence-electron chi connectivity index (χ1n) is 23.2. The third-order valence-electron chi connectivity index (χ3n) is 14.6. The van der Waals surface area contributed by atoms with Crippen molar-refractivity contribution in [1.82, 2.24) is 14.5 Å². The van der Waals surface area contributed by atoms with Gasteiger partial charge in [0.2, 0.25) is 5.95 Å². The van der Waals surface area contributed by atoms with Crippen LogP contribution in [0, 0.1) is 0 Å². The lowest BCUT2D eigenvalue weighted by molar-refractivity contribution is 0.794. The second kappa shape index (κ2) is 14.2. The summed E-state index contributed by atoms with van der Waals surface area (Å²) in [6.07, 6.45) is 0. The zero-order chi connectivity index (χ0) is 44.5. The Bertz CT molecular complexity index is 4160. The summed E-state index contributed by atoms with van der Waals surface area (Å²) >= 11 is 1.95. The Hall–Kier alpha value is -8.64. The summed E-state index contributed by atoms with van der Waals surface area (Å²) in [7, 11) is 0. The van der Waals surface area contributed by atoms with E-state index in [9.17, 15) is 0 Å². The monoisotopic (exact) mass is 882 g/mol. The molecule has 4 nitrogen and oxygen atoms in total. The predicted molar refractivity (Wildman–Crippen MR) is 283 cm³/mol. The molecule has 10 aromatic carbocycles. The largest absolute Gasteiger partial charge is 0.309 e. The van der Waals surface area contributed by atoms with Gasteiger partial charge in [-0.05, 0) is 93.5 Å². The van der Waals surface area contributed by atoms with Gasteiger partial charge in [0.1, 0.15) is 0 Å². The minimum atomic E-state index is -0.571. The van der Waals surface area contributed by atoms with Crippen LogP contribution in [0.15, 0.2) is 231 Å². The van der Waals surface area contributed by atoms with Crippen molar-refractivity contribution in [3.05, 3.63) is 253 Å². The second-order valence-corrected chi connectivity index (χ2v) is 19.0. The molecule has 0 unspecified atom stereocenters. The average Bonchev–Trinajstić information content (AvgIpc) is 4.13. The average molecular weight is 883 g/mol. The van der Waals surface area contributed by atoms with Gasteiger partial charge >= 0.3 is 0 Å². The van der Waals surface area contributed by atoms with Crippen molar-refractivity contribution in [1.29, 1.82) is 0 Å². The fraction of sp³-hybridized carbons (Fsp3) is 0.0159. The first kappa shape index (κ1) is 37.6. The molecule has 3 aromatic heterocycles. The van der Waals surface area contributed by atoms with E-state index in [4.69, 9.17) is 9.97 Å². The Morgan fingerprint density at radius 1 is 0.412 bits per heavy atom. The zero-order valence-electron chi connectivity index (χ0n) is 36.6. The van der Waals surface area contributed by atoms with E-state index < -0.39 is 5.41 Å². The van der Waals surface area contributed by atoms with Gasteiger partial charge in [0.05, 0.1) is 27.7 Å². The molecule has 3 heterocycles. The molecule has 68 heavy (non-hydrogen) atoms. The lowest BCUT2D eigenvalue weighted by Gasteiger charge is -2.32. The minimum Gasteiger partial charge on any atom is -0.309 e. The third kappa shape index (κ3) is 5.03. The Balaban J connectivity index is 1.03. The maximum absolute atomic E-state index is 5.47. The van der Waals surface area contributed by atoms with Gasteiger partial charge in [-0.25, -0.2) is 9.97 Å². The summed E-state index contributed by atoms with van der Waals surface area (Å²) in [6.45, 7) is 0. The van der Waals surface area contributed by atoms with Gasteiger partial charge in [-0.15, -0.1) is 11.3 Å². The summed E-state index contributed by atoms with van der Waals surface area (Å²) in [5.41, 5.74) is 18.2. The molecule has 0 radical (unpaired) electrons. The molecule has 316 valence electrons. The van der Waals surface area contributed by atoms with Gasteiger partial charge < -0.3 is 4.57 Å².